The van der Waals surface area contributed by atoms with Crippen molar-refractivity contribution in [2.24, 2.45) is 0 Å². The molecule has 90 valence electrons. The molecule has 5 nitrogen and oxygen atoms in total. The average Bonchev–Trinajstić information content (AvgIpc) is 2.61. The van der Waals surface area contributed by atoms with Crippen LogP contribution in [0.3, 0.4) is 0 Å². The fourth-order valence-electron chi connectivity index (χ4n) is 1.66. The number of aliphatic hydroxyl groups is 1. The van der Waals surface area contributed by atoms with Crippen molar-refractivity contribution in [2.75, 3.05) is 13.2 Å². The van der Waals surface area contributed by atoms with Gasteiger partial charge in [0.2, 0.25) is 0 Å². The topological polar surface area (TPSA) is 66.6 Å². The number of hydrogen-bond donors (Lipinski definition) is 2. The summed E-state index contributed by atoms with van der Waals surface area (Å²) in [5.41, 5.74) is 1.74. The van der Waals surface area contributed by atoms with Crippen molar-refractivity contribution in [1.29, 1.82) is 0 Å². The van der Waals surface area contributed by atoms with E-state index in [9.17, 15) is 4.79 Å². The molecule has 0 unspecified atom stereocenters. The molecule has 1 amide bonds. The minimum Gasteiger partial charge on any atom is -0.395 e. The van der Waals surface area contributed by atoms with E-state index < -0.39 is 0 Å². The molecule has 0 spiro atoms. The summed E-state index contributed by atoms with van der Waals surface area (Å²) in [6.07, 6.45) is 1.64. The highest BCUT2D eigenvalue weighted by Gasteiger charge is 2.15. The summed E-state index contributed by atoms with van der Waals surface area (Å²) in [6, 6.07) is 3.47. The Kier molecular flexibility index (Phi) is 3.31. The van der Waals surface area contributed by atoms with Gasteiger partial charge in [0.15, 0.2) is 0 Å². The van der Waals surface area contributed by atoms with Crippen LogP contribution in [0.15, 0.2) is 18.3 Å². The van der Waals surface area contributed by atoms with Gasteiger partial charge in [-0.3, -0.25) is 9.20 Å². The predicted octanol–water partition coefficient (Wildman–Crippen LogP) is 1.02. The third kappa shape index (κ3) is 2.25. The zero-order valence-corrected chi connectivity index (χ0v) is 10.0. The molecule has 2 rings (SSSR count). The summed E-state index contributed by atoms with van der Waals surface area (Å²) in [5.74, 6) is -0.272. The van der Waals surface area contributed by atoms with E-state index in [0.29, 0.717) is 22.1 Å². The Hall–Kier alpha value is -1.59. The van der Waals surface area contributed by atoms with E-state index in [4.69, 9.17) is 16.7 Å². The molecular weight excluding hydrogens is 242 g/mol. The number of nitrogens with zero attached hydrogens (tertiary/aromatic N) is 2. The largest absolute Gasteiger partial charge is 0.395 e. The summed E-state index contributed by atoms with van der Waals surface area (Å²) >= 11 is 5.89. The number of pyridine rings is 1. The van der Waals surface area contributed by atoms with Gasteiger partial charge < -0.3 is 10.4 Å². The number of aromatic nitrogens is 2. The van der Waals surface area contributed by atoms with Crippen LogP contribution >= 0.6 is 11.6 Å². The smallest absolute Gasteiger partial charge is 0.270 e. The maximum absolute atomic E-state index is 11.9. The molecule has 0 atom stereocenters. The lowest BCUT2D eigenvalue weighted by atomic mass is 10.3. The van der Waals surface area contributed by atoms with Gasteiger partial charge in [-0.2, -0.15) is 0 Å². The summed E-state index contributed by atoms with van der Waals surface area (Å²) in [7, 11) is 0. The number of nitrogens with one attached hydrogen (secondary N) is 1. The normalized spacial score (nSPS) is 10.8. The van der Waals surface area contributed by atoms with Crippen molar-refractivity contribution in [2.45, 2.75) is 6.92 Å². The first-order valence-corrected chi connectivity index (χ1v) is 5.54. The molecule has 0 saturated heterocycles. The standard InChI is InChI=1S/C11H12ClN3O2/c1-7-10(11(17)13-4-5-16)15-6-8(12)2-3-9(15)14-7/h2-3,6,16H,4-5H2,1H3,(H,13,17). The molecule has 0 fully saturated rings. The highest BCUT2D eigenvalue weighted by molar-refractivity contribution is 6.30. The molecule has 17 heavy (non-hydrogen) atoms. The highest BCUT2D eigenvalue weighted by Crippen LogP contribution is 2.16. The maximum atomic E-state index is 11.9. The van der Waals surface area contributed by atoms with Crippen LogP contribution in [-0.4, -0.2) is 33.6 Å². The maximum Gasteiger partial charge on any atom is 0.270 e. The van der Waals surface area contributed by atoms with E-state index in [-0.39, 0.29) is 19.1 Å². The Bertz CT molecular complexity index is 565. The van der Waals surface area contributed by atoms with Gasteiger partial charge in [0.1, 0.15) is 11.3 Å². The van der Waals surface area contributed by atoms with Gasteiger partial charge in [0, 0.05) is 12.7 Å². The van der Waals surface area contributed by atoms with E-state index in [1.165, 1.54) is 0 Å². The van der Waals surface area contributed by atoms with Gasteiger partial charge in [-0.15, -0.1) is 0 Å². The lowest BCUT2D eigenvalue weighted by Gasteiger charge is -2.04. The Balaban J connectivity index is 2.48. The van der Waals surface area contributed by atoms with Crippen molar-refractivity contribution in [3.05, 3.63) is 34.7 Å². The third-order valence-corrected chi connectivity index (χ3v) is 2.59. The molecule has 0 aliphatic carbocycles. The molecule has 0 radical (unpaired) electrons. The lowest BCUT2D eigenvalue weighted by molar-refractivity contribution is 0.0938. The van der Waals surface area contributed by atoms with Crippen LogP contribution in [0.4, 0.5) is 0 Å². The van der Waals surface area contributed by atoms with Crippen LogP contribution in [-0.2, 0) is 0 Å². The number of amides is 1. The van der Waals surface area contributed by atoms with Crippen LogP contribution < -0.4 is 5.32 Å². The van der Waals surface area contributed by atoms with Gasteiger partial charge >= 0.3 is 0 Å². The number of hydrogen-bond acceptors (Lipinski definition) is 3. The zero-order chi connectivity index (χ0) is 12.4. The van der Waals surface area contributed by atoms with Crippen LogP contribution in [0.2, 0.25) is 5.02 Å². The van der Waals surface area contributed by atoms with E-state index in [2.05, 4.69) is 10.3 Å². The van der Waals surface area contributed by atoms with Crippen LogP contribution in [0.1, 0.15) is 16.2 Å². The number of aryl methyl sites for hydroxylation is 1. The summed E-state index contributed by atoms with van der Waals surface area (Å²) in [4.78, 5) is 16.1. The van der Waals surface area contributed by atoms with Gasteiger partial charge in [0.05, 0.1) is 17.3 Å². The van der Waals surface area contributed by atoms with Gasteiger partial charge in [-0.25, -0.2) is 4.98 Å². The Labute approximate surface area is 103 Å². The summed E-state index contributed by atoms with van der Waals surface area (Å²) in [5, 5.41) is 11.8. The number of carbonyl (C=O) groups is 1. The molecule has 2 aromatic heterocycles. The van der Waals surface area contributed by atoms with Gasteiger partial charge in [-0.1, -0.05) is 11.6 Å². The molecule has 2 heterocycles. The first-order chi connectivity index (χ1) is 8.13. The number of aliphatic hydroxyl groups excluding tert-OH is 1. The molecule has 2 N–H and O–H groups in total. The second-order valence-electron chi connectivity index (χ2n) is 3.60. The van der Waals surface area contributed by atoms with Crippen molar-refractivity contribution < 1.29 is 9.90 Å². The number of imidazole rings is 1. The third-order valence-electron chi connectivity index (χ3n) is 2.37. The van der Waals surface area contributed by atoms with Crippen molar-refractivity contribution in [1.82, 2.24) is 14.7 Å². The second-order valence-corrected chi connectivity index (χ2v) is 4.04. The van der Waals surface area contributed by atoms with E-state index in [0.717, 1.165) is 0 Å². The molecule has 0 bridgehead atoms. The second kappa shape index (κ2) is 4.73. The Morgan fingerprint density at radius 1 is 1.59 bits per heavy atom. The predicted molar refractivity (Wildman–Crippen MR) is 64.4 cm³/mol. The van der Waals surface area contributed by atoms with Crippen LogP contribution in [0.5, 0.6) is 0 Å². The van der Waals surface area contributed by atoms with Gasteiger partial charge in [-0.05, 0) is 19.1 Å². The SMILES string of the molecule is Cc1nc2ccc(Cl)cn2c1C(=O)NCCO. The Morgan fingerprint density at radius 3 is 3.06 bits per heavy atom. The first kappa shape index (κ1) is 11.9. The first-order valence-electron chi connectivity index (χ1n) is 5.16. The summed E-state index contributed by atoms with van der Waals surface area (Å²) < 4.78 is 1.64. The van der Waals surface area contributed by atoms with Crippen molar-refractivity contribution in [3.63, 3.8) is 0 Å². The van der Waals surface area contributed by atoms with Crippen molar-refractivity contribution >= 4 is 23.2 Å². The van der Waals surface area contributed by atoms with E-state index in [1.807, 2.05) is 0 Å². The molecule has 6 heteroatoms. The fraction of sp³-hybridized carbons (Fsp3) is 0.273. The number of carbonyl (C=O) groups excluding carboxylic acids is 1. The minimum absolute atomic E-state index is 0.0950. The lowest BCUT2D eigenvalue weighted by Crippen LogP contribution is -2.28. The minimum atomic E-state index is -0.272. The summed E-state index contributed by atoms with van der Waals surface area (Å²) in [6.45, 7) is 1.88. The van der Waals surface area contributed by atoms with Gasteiger partial charge in [0.25, 0.3) is 5.91 Å². The van der Waals surface area contributed by atoms with Crippen LogP contribution in [0.25, 0.3) is 5.65 Å². The van der Waals surface area contributed by atoms with E-state index in [1.54, 1.807) is 29.7 Å². The molecule has 0 aliphatic rings. The monoisotopic (exact) mass is 253 g/mol. The van der Waals surface area contributed by atoms with E-state index >= 15 is 0 Å². The molecule has 2 aromatic rings. The Morgan fingerprint density at radius 2 is 2.35 bits per heavy atom. The zero-order valence-electron chi connectivity index (χ0n) is 9.27. The number of fused-ring (bicyclic) bond motifs is 1. The molecular formula is C11H12ClN3O2. The fourth-order valence-corrected chi connectivity index (χ4v) is 1.82. The number of halogens is 1. The molecule has 0 saturated carbocycles. The number of rotatable bonds is 3. The van der Waals surface area contributed by atoms with Crippen LogP contribution in [0, 0.1) is 6.92 Å². The molecule has 0 aromatic carbocycles. The highest BCUT2D eigenvalue weighted by atomic mass is 35.5. The molecule has 0 aliphatic heterocycles. The van der Waals surface area contributed by atoms with Crippen molar-refractivity contribution in [3.8, 4) is 0 Å². The average molecular weight is 254 g/mol. The quantitative estimate of drug-likeness (QED) is 0.858.